The van der Waals surface area contributed by atoms with Crippen molar-refractivity contribution in [2.75, 3.05) is 6.61 Å². The van der Waals surface area contributed by atoms with Crippen molar-refractivity contribution in [2.24, 2.45) is 0 Å². The van der Waals surface area contributed by atoms with Gasteiger partial charge in [-0.1, -0.05) is 17.7 Å². The number of nitrogens with zero attached hydrogens (tertiary/aromatic N) is 3. The second-order valence-electron chi connectivity index (χ2n) is 7.31. The van der Waals surface area contributed by atoms with Crippen LogP contribution in [-0.4, -0.2) is 36.7 Å². The summed E-state index contributed by atoms with van der Waals surface area (Å²) in [5.41, 5.74) is 0.143. The Labute approximate surface area is 194 Å². The summed E-state index contributed by atoms with van der Waals surface area (Å²) in [6.45, 7) is -0.643. The van der Waals surface area contributed by atoms with Gasteiger partial charge in [0.2, 0.25) is 11.8 Å². The first-order valence-corrected chi connectivity index (χ1v) is 10.4. The van der Waals surface area contributed by atoms with Crippen LogP contribution in [0.3, 0.4) is 0 Å². The Kier molecular flexibility index (Phi) is 6.57. The van der Waals surface area contributed by atoms with E-state index in [1.54, 1.807) is 18.2 Å². The third-order valence-corrected chi connectivity index (χ3v) is 5.33. The molecule has 2 heterocycles. The van der Waals surface area contributed by atoms with E-state index < -0.39 is 28.8 Å². The zero-order valence-corrected chi connectivity index (χ0v) is 18.2. The summed E-state index contributed by atoms with van der Waals surface area (Å²) in [7, 11) is 0. The SMILES string of the molecule is O=C(CCO)n1c(=O)[nH]c2cc(Cn3cnc(OCc4ccc(F)cc4F)c(Cl)c3=O)ccc21. The summed E-state index contributed by atoms with van der Waals surface area (Å²) >= 11 is 6.10. The Morgan fingerprint density at radius 1 is 1.18 bits per heavy atom. The molecule has 2 aromatic carbocycles. The van der Waals surface area contributed by atoms with Gasteiger partial charge in [-0.3, -0.25) is 14.2 Å². The molecule has 0 aliphatic carbocycles. The number of H-pyrrole nitrogens is 1. The van der Waals surface area contributed by atoms with Crippen LogP contribution in [0.15, 0.2) is 52.3 Å². The van der Waals surface area contributed by atoms with Crippen LogP contribution in [-0.2, 0) is 13.2 Å². The molecule has 0 spiro atoms. The van der Waals surface area contributed by atoms with E-state index in [1.165, 1.54) is 17.0 Å². The minimum absolute atomic E-state index is 0.0478. The van der Waals surface area contributed by atoms with E-state index in [4.69, 9.17) is 21.4 Å². The Hall–Kier alpha value is -3.83. The highest BCUT2D eigenvalue weighted by molar-refractivity contribution is 6.31. The number of benzene rings is 2. The molecule has 0 saturated heterocycles. The second kappa shape index (κ2) is 9.57. The highest BCUT2D eigenvalue weighted by atomic mass is 35.5. The fraction of sp³-hybridized carbons (Fsp3) is 0.182. The summed E-state index contributed by atoms with van der Waals surface area (Å²) in [4.78, 5) is 43.4. The van der Waals surface area contributed by atoms with Crippen molar-refractivity contribution in [3.05, 3.63) is 91.3 Å². The van der Waals surface area contributed by atoms with Crippen molar-refractivity contribution in [3.63, 3.8) is 0 Å². The molecule has 0 unspecified atom stereocenters. The fourth-order valence-electron chi connectivity index (χ4n) is 3.36. The molecule has 0 radical (unpaired) electrons. The molecular weight excluding hydrogens is 474 g/mol. The van der Waals surface area contributed by atoms with Gasteiger partial charge in [0.15, 0.2) is 5.02 Å². The van der Waals surface area contributed by atoms with Crippen LogP contribution < -0.4 is 16.0 Å². The molecule has 0 saturated carbocycles. The van der Waals surface area contributed by atoms with Gasteiger partial charge < -0.3 is 14.8 Å². The van der Waals surface area contributed by atoms with Crippen LogP contribution in [0.1, 0.15) is 22.3 Å². The van der Waals surface area contributed by atoms with Crippen LogP contribution in [0.4, 0.5) is 8.78 Å². The van der Waals surface area contributed by atoms with E-state index in [0.717, 1.165) is 10.6 Å². The maximum absolute atomic E-state index is 13.8. The maximum atomic E-state index is 13.8. The highest BCUT2D eigenvalue weighted by Crippen LogP contribution is 2.20. The van der Waals surface area contributed by atoms with Gasteiger partial charge in [0.25, 0.3) is 5.56 Å². The van der Waals surface area contributed by atoms with Crippen LogP contribution in [0.2, 0.25) is 5.02 Å². The van der Waals surface area contributed by atoms with Crippen LogP contribution in [0.25, 0.3) is 11.0 Å². The summed E-state index contributed by atoms with van der Waals surface area (Å²) in [5, 5.41) is 8.63. The molecule has 0 aliphatic rings. The molecule has 0 bridgehead atoms. The third kappa shape index (κ3) is 4.61. The number of halogens is 3. The molecule has 4 rings (SSSR count). The summed E-state index contributed by atoms with van der Waals surface area (Å²) in [6, 6.07) is 7.78. The molecule has 0 aliphatic heterocycles. The average molecular weight is 491 g/mol. The zero-order valence-electron chi connectivity index (χ0n) is 17.4. The molecule has 4 aromatic rings. The van der Waals surface area contributed by atoms with E-state index >= 15 is 0 Å². The van der Waals surface area contributed by atoms with Crippen molar-refractivity contribution < 1.29 is 23.4 Å². The number of ether oxygens (including phenoxy) is 1. The normalized spacial score (nSPS) is 11.2. The Morgan fingerprint density at radius 2 is 1.97 bits per heavy atom. The molecule has 2 N–H and O–H groups in total. The number of aromatic nitrogens is 4. The molecule has 0 fully saturated rings. The first-order valence-electron chi connectivity index (χ1n) is 9.98. The van der Waals surface area contributed by atoms with Crippen LogP contribution in [0.5, 0.6) is 5.88 Å². The van der Waals surface area contributed by atoms with E-state index in [1.807, 2.05) is 0 Å². The molecule has 0 amide bonds. The summed E-state index contributed by atoms with van der Waals surface area (Å²) in [6.07, 6.45) is 1.00. The molecule has 9 nitrogen and oxygen atoms in total. The van der Waals surface area contributed by atoms with E-state index in [2.05, 4.69) is 9.97 Å². The van der Waals surface area contributed by atoms with Crippen molar-refractivity contribution >= 4 is 28.5 Å². The number of hydrogen-bond donors (Lipinski definition) is 2. The first-order chi connectivity index (χ1) is 16.3. The number of carbonyl (C=O) groups is 1. The largest absolute Gasteiger partial charge is 0.471 e. The van der Waals surface area contributed by atoms with Gasteiger partial charge in [0.05, 0.1) is 30.6 Å². The number of aromatic amines is 1. The molecule has 2 aromatic heterocycles. The van der Waals surface area contributed by atoms with Crippen molar-refractivity contribution in [1.29, 1.82) is 0 Å². The summed E-state index contributed by atoms with van der Waals surface area (Å²) in [5.74, 6) is -2.28. The number of rotatable bonds is 7. The second-order valence-corrected chi connectivity index (χ2v) is 7.68. The number of carbonyl (C=O) groups excluding carboxylic acids is 1. The highest BCUT2D eigenvalue weighted by Gasteiger charge is 2.16. The lowest BCUT2D eigenvalue weighted by molar-refractivity contribution is 0.0876. The molecule has 34 heavy (non-hydrogen) atoms. The predicted molar refractivity (Wildman–Crippen MR) is 118 cm³/mol. The van der Waals surface area contributed by atoms with Gasteiger partial charge in [0, 0.05) is 11.6 Å². The minimum Gasteiger partial charge on any atom is -0.471 e. The number of hydrogen-bond acceptors (Lipinski definition) is 6. The number of aliphatic hydroxyl groups excluding tert-OH is 1. The van der Waals surface area contributed by atoms with Crippen molar-refractivity contribution in [3.8, 4) is 5.88 Å². The smallest absolute Gasteiger partial charge is 0.333 e. The zero-order chi connectivity index (χ0) is 24.4. The molecule has 12 heteroatoms. The van der Waals surface area contributed by atoms with E-state index in [-0.39, 0.29) is 42.6 Å². The van der Waals surface area contributed by atoms with Crippen molar-refractivity contribution in [1.82, 2.24) is 19.1 Å². The minimum atomic E-state index is -0.801. The lowest BCUT2D eigenvalue weighted by Gasteiger charge is -2.11. The first kappa shape index (κ1) is 23.3. The van der Waals surface area contributed by atoms with Gasteiger partial charge in [-0.15, -0.1) is 0 Å². The Bertz CT molecular complexity index is 1510. The number of aliphatic hydroxyl groups is 1. The van der Waals surface area contributed by atoms with Crippen LogP contribution >= 0.6 is 11.6 Å². The van der Waals surface area contributed by atoms with Gasteiger partial charge in [-0.25, -0.2) is 23.1 Å². The number of nitrogens with one attached hydrogen (secondary N) is 1. The number of imidazole rings is 1. The average Bonchev–Trinajstić information content (AvgIpc) is 3.12. The van der Waals surface area contributed by atoms with E-state index in [9.17, 15) is 23.2 Å². The fourth-order valence-corrected chi connectivity index (χ4v) is 3.57. The third-order valence-electron chi connectivity index (χ3n) is 5.00. The van der Waals surface area contributed by atoms with Gasteiger partial charge in [-0.05, 0) is 29.8 Å². The Morgan fingerprint density at radius 3 is 2.71 bits per heavy atom. The quantitative estimate of drug-likeness (QED) is 0.411. The van der Waals surface area contributed by atoms with Crippen LogP contribution in [0, 0.1) is 11.6 Å². The van der Waals surface area contributed by atoms with Crippen molar-refractivity contribution in [2.45, 2.75) is 19.6 Å². The lowest BCUT2D eigenvalue weighted by Crippen LogP contribution is -2.24. The topological polar surface area (TPSA) is 119 Å². The predicted octanol–water partition coefficient (Wildman–Crippen LogP) is 2.47. The van der Waals surface area contributed by atoms with E-state index in [0.29, 0.717) is 22.7 Å². The van der Waals surface area contributed by atoms with Gasteiger partial charge in [-0.2, -0.15) is 0 Å². The van der Waals surface area contributed by atoms with Gasteiger partial charge in [0.1, 0.15) is 24.6 Å². The lowest BCUT2D eigenvalue weighted by atomic mass is 10.2. The Balaban J connectivity index is 1.55. The number of fused-ring (bicyclic) bond motifs is 1. The molecule has 176 valence electrons. The molecular formula is C22H17ClF2N4O5. The standard InChI is InChI=1S/C22H17ClF2N4O5/c23-19-20(34-10-13-2-3-14(24)8-15(13)25)26-11-28(21(19)32)9-12-1-4-17-16(7-12)27-22(33)29(17)18(31)5-6-30/h1-4,7-8,11,30H,5-6,9-10H2,(H,27,33). The van der Waals surface area contributed by atoms with Gasteiger partial charge >= 0.3 is 5.69 Å². The maximum Gasteiger partial charge on any atom is 0.333 e. The summed E-state index contributed by atoms with van der Waals surface area (Å²) < 4.78 is 34.3. The monoisotopic (exact) mass is 490 g/mol. The molecule has 0 atom stereocenters.